The van der Waals surface area contributed by atoms with Gasteiger partial charge in [0.15, 0.2) is 5.82 Å². The van der Waals surface area contributed by atoms with E-state index in [4.69, 9.17) is 9.72 Å². The lowest BCUT2D eigenvalue weighted by Gasteiger charge is -2.39. The van der Waals surface area contributed by atoms with E-state index < -0.39 is 5.41 Å². The molecule has 1 aromatic carbocycles. The first-order valence-corrected chi connectivity index (χ1v) is 9.02. The van der Waals surface area contributed by atoms with Crippen LogP contribution in [0.4, 0.5) is 5.13 Å². The lowest BCUT2D eigenvalue weighted by atomic mass is 9.74. The Morgan fingerprint density at radius 1 is 1.33 bits per heavy atom. The largest absolute Gasteiger partial charge is 0.469 e. The monoisotopic (exact) mass is 345 g/mol. The van der Waals surface area contributed by atoms with Crippen LogP contribution in [0.3, 0.4) is 0 Å². The molecule has 2 aromatic rings. The van der Waals surface area contributed by atoms with E-state index in [2.05, 4.69) is 9.27 Å². The van der Waals surface area contributed by atoms with Crippen LogP contribution in [0.25, 0.3) is 11.4 Å². The summed E-state index contributed by atoms with van der Waals surface area (Å²) < 4.78 is 9.49. The van der Waals surface area contributed by atoms with Crippen LogP contribution in [-0.2, 0) is 9.53 Å². The van der Waals surface area contributed by atoms with Gasteiger partial charge in [-0.15, -0.1) is 0 Å². The second-order valence-electron chi connectivity index (χ2n) is 6.77. The molecule has 1 aromatic heterocycles. The molecular weight excluding hydrogens is 322 g/mol. The molecule has 1 saturated heterocycles. The van der Waals surface area contributed by atoms with Gasteiger partial charge in [-0.2, -0.15) is 9.36 Å². The fourth-order valence-corrected chi connectivity index (χ4v) is 3.94. The number of methoxy groups -OCH3 is 1. The van der Waals surface area contributed by atoms with Crippen molar-refractivity contribution < 1.29 is 9.53 Å². The predicted octanol–water partition coefficient (Wildman–Crippen LogP) is 3.62. The maximum Gasteiger partial charge on any atom is 0.311 e. The molecule has 5 nitrogen and oxygen atoms in total. The van der Waals surface area contributed by atoms with Gasteiger partial charge in [-0.25, -0.2) is 0 Å². The Hall–Kier alpha value is -1.95. The molecule has 1 unspecified atom stereocenters. The first-order valence-electron chi connectivity index (χ1n) is 8.25. The van der Waals surface area contributed by atoms with E-state index in [0.29, 0.717) is 0 Å². The normalized spacial score (nSPS) is 18.5. The molecule has 0 N–H and O–H groups in total. The summed E-state index contributed by atoms with van der Waals surface area (Å²) in [5.74, 6) is 0.879. The third-order valence-electron chi connectivity index (χ3n) is 4.87. The van der Waals surface area contributed by atoms with Crippen molar-refractivity contribution in [1.29, 1.82) is 0 Å². The number of benzene rings is 1. The maximum absolute atomic E-state index is 12.1. The summed E-state index contributed by atoms with van der Waals surface area (Å²) >= 11 is 1.43. The molecule has 0 amide bonds. The SMILES string of the molecule is COC(=O)C(C)(C)C1CCCN(c2nc(-c3ccccc3)ns2)C1. The Kier molecular flexibility index (Phi) is 4.85. The molecule has 1 fully saturated rings. The van der Waals surface area contributed by atoms with Crippen LogP contribution < -0.4 is 4.90 Å². The number of hydrogen-bond acceptors (Lipinski definition) is 6. The lowest BCUT2D eigenvalue weighted by Crippen LogP contribution is -2.45. The molecule has 1 aliphatic heterocycles. The highest BCUT2D eigenvalue weighted by Gasteiger charge is 2.40. The number of esters is 1. The van der Waals surface area contributed by atoms with Crippen molar-refractivity contribution in [2.24, 2.45) is 11.3 Å². The molecule has 0 bridgehead atoms. The van der Waals surface area contributed by atoms with E-state index in [1.54, 1.807) is 0 Å². The Labute approximate surface area is 146 Å². The third kappa shape index (κ3) is 3.29. The van der Waals surface area contributed by atoms with Crippen LogP contribution in [-0.4, -0.2) is 35.5 Å². The number of nitrogens with zero attached hydrogens (tertiary/aromatic N) is 3. The number of anilines is 1. The highest BCUT2D eigenvalue weighted by molar-refractivity contribution is 7.09. The Morgan fingerprint density at radius 3 is 2.79 bits per heavy atom. The number of piperidine rings is 1. The Morgan fingerprint density at radius 2 is 2.08 bits per heavy atom. The van der Waals surface area contributed by atoms with E-state index >= 15 is 0 Å². The van der Waals surface area contributed by atoms with Gasteiger partial charge in [0.05, 0.1) is 12.5 Å². The molecule has 1 atom stereocenters. The van der Waals surface area contributed by atoms with Gasteiger partial charge < -0.3 is 9.64 Å². The third-order valence-corrected chi connectivity index (χ3v) is 5.65. The highest BCUT2D eigenvalue weighted by atomic mass is 32.1. The van der Waals surface area contributed by atoms with Crippen molar-refractivity contribution in [3.8, 4) is 11.4 Å². The molecule has 0 spiro atoms. The Bertz CT molecular complexity index is 699. The van der Waals surface area contributed by atoms with Crippen molar-refractivity contribution in [2.45, 2.75) is 26.7 Å². The summed E-state index contributed by atoms with van der Waals surface area (Å²) in [6.07, 6.45) is 2.08. The zero-order valence-corrected chi connectivity index (χ0v) is 15.2. The number of ether oxygens (including phenoxy) is 1. The van der Waals surface area contributed by atoms with Crippen molar-refractivity contribution in [3.63, 3.8) is 0 Å². The molecular formula is C18H23N3O2S. The highest BCUT2D eigenvalue weighted by Crippen LogP contribution is 2.37. The van der Waals surface area contributed by atoms with Crippen LogP contribution >= 0.6 is 11.5 Å². The van der Waals surface area contributed by atoms with Crippen LogP contribution in [0.15, 0.2) is 30.3 Å². The fourth-order valence-electron chi connectivity index (χ4n) is 3.22. The van der Waals surface area contributed by atoms with Crippen molar-refractivity contribution in [2.75, 3.05) is 25.1 Å². The second-order valence-corrected chi connectivity index (χ2v) is 7.50. The lowest BCUT2D eigenvalue weighted by molar-refractivity contribution is -0.154. The van der Waals surface area contributed by atoms with Gasteiger partial charge in [0.25, 0.3) is 0 Å². The molecule has 24 heavy (non-hydrogen) atoms. The van der Waals surface area contributed by atoms with Gasteiger partial charge in [0.1, 0.15) is 0 Å². The molecule has 128 valence electrons. The van der Waals surface area contributed by atoms with Crippen molar-refractivity contribution in [3.05, 3.63) is 30.3 Å². The minimum absolute atomic E-state index is 0.142. The molecule has 0 aliphatic carbocycles. The van der Waals surface area contributed by atoms with Gasteiger partial charge in [-0.05, 0) is 32.6 Å². The van der Waals surface area contributed by atoms with Crippen LogP contribution in [0.5, 0.6) is 0 Å². The number of rotatable bonds is 4. The predicted molar refractivity (Wildman–Crippen MR) is 96.1 cm³/mol. The van der Waals surface area contributed by atoms with E-state index in [1.807, 2.05) is 44.2 Å². The fraction of sp³-hybridized carbons (Fsp3) is 0.500. The van der Waals surface area contributed by atoms with Gasteiger partial charge in [-0.1, -0.05) is 30.3 Å². The van der Waals surface area contributed by atoms with Crippen LogP contribution in [0.1, 0.15) is 26.7 Å². The van der Waals surface area contributed by atoms with Crippen LogP contribution in [0.2, 0.25) is 0 Å². The molecule has 6 heteroatoms. The summed E-state index contributed by atoms with van der Waals surface area (Å²) in [6, 6.07) is 10.0. The van der Waals surface area contributed by atoms with Crippen molar-refractivity contribution in [1.82, 2.24) is 9.36 Å². The Balaban J connectivity index is 1.76. The number of hydrogen-bond donors (Lipinski definition) is 0. The van der Waals surface area contributed by atoms with Gasteiger partial charge in [0.2, 0.25) is 5.13 Å². The summed E-state index contributed by atoms with van der Waals surface area (Å²) in [5, 5.41) is 0.930. The van der Waals surface area contributed by atoms with Crippen LogP contribution in [0, 0.1) is 11.3 Å². The molecule has 1 aliphatic rings. The first-order chi connectivity index (χ1) is 11.5. The van der Waals surface area contributed by atoms with E-state index in [-0.39, 0.29) is 11.9 Å². The topological polar surface area (TPSA) is 55.3 Å². The van der Waals surface area contributed by atoms with Gasteiger partial charge >= 0.3 is 5.97 Å². The summed E-state index contributed by atoms with van der Waals surface area (Å²) in [5.41, 5.74) is 0.545. The van der Waals surface area contributed by atoms with Gasteiger partial charge in [0, 0.05) is 30.2 Å². The maximum atomic E-state index is 12.1. The van der Waals surface area contributed by atoms with Gasteiger partial charge in [-0.3, -0.25) is 4.79 Å². The number of carbonyl (C=O) groups excluding carboxylic acids is 1. The molecule has 2 heterocycles. The smallest absolute Gasteiger partial charge is 0.311 e. The molecule has 3 rings (SSSR count). The van der Waals surface area contributed by atoms with E-state index in [1.165, 1.54) is 18.6 Å². The zero-order chi connectivity index (χ0) is 17.2. The van der Waals surface area contributed by atoms with E-state index in [0.717, 1.165) is 42.5 Å². The number of aromatic nitrogens is 2. The van der Waals surface area contributed by atoms with Crippen molar-refractivity contribution >= 4 is 22.6 Å². The molecule has 0 radical (unpaired) electrons. The minimum Gasteiger partial charge on any atom is -0.469 e. The average molecular weight is 345 g/mol. The quantitative estimate of drug-likeness (QED) is 0.792. The minimum atomic E-state index is -0.486. The zero-order valence-electron chi connectivity index (χ0n) is 14.4. The summed E-state index contributed by atoms with van der Waals surface area (Å²) in [6.45, 7) is 5.72. The summed E-state index contributed by atoms with van der Waals surface area (Å²) in [7, 11) is 1.46. The number of carbonyl (C=O) groups is 1. The summed E-state index contributed by atoms with van der Waals surface area (Å²) in [4.78, 5) is 19.1. The first kappa shape index (κ1) is 16.9. The van der Waals surface area contributed by atoms with E-state index in [9.17, 15) is 4.79 Å². The molecule has 0 saturated carbocycles. The second kappa shape index (κ2) is 6.89. The standard InChI is InChI=1S/C18H23N3O2S/c1-18(2,16(22)23-3)14-10-7-11-21(12-14)17-19-15(20-24-17)13-8-5-4-6-9-13/h4-6,8-9,14H,7,10-12H2,1-3H3. The average Bonchev–Trinajstić information content (AvgIpc) is 3.12.